The molecular weight excluding hydrogens is 494 g/mol. The summed E-state index contributed by atoms with van der Waals surface area (Å²) in [5, 5.41) is 25.3. The molecule has 4 unspecified atom stereocenters. The van der Waals surface area contributed by atoms with Gasteiger partial charge >= 0.3 is 11.9 Å². The Bertz CT molecular complexity index is 946. The summed E-state index contributed by atoms with van der Waals surface area (Å²) in [5.41, 5.74) is 11.4. The fraction of sp³-hybridized carbons (Fsp3) is 0.455. The molecule has 13 nitrogen and oxygen atoms in total. The van der Waals surface area contributed by atoms with Crippen LogP contribution in [0.1, 0.15) is 31.2 Å². The van der Waals surface area contributed by atoms with Gasteiger partial charge in [0.15, 0.2) is 0 Å². The van der Waals surface area contributed by atoms with E-state index in [1.807, 2.05) is 0 Å². The minimum absolute atomic E-state index is 0.00800. The van der Waals surface area contributed by atoms with E-state index >= 15 is 0 Å². The first-order chi connectivity index (χ1) is 16.9. The standard InChI is InChI=1S/C22H31N5O8S/c23-13(6-9-18(29)30)19(31)27-16(11-36)21(33)26-15(10-12-4-2-1-3-5-12)20(32)25-14(22(34)35)7-8-17(24)28/h1-5,13-16,36H,6-11,23H2,(H2,24,28)(H,25,32)(H,26,33)(H,27,31)(H,29,30)(H,34,35). The second kappa shape index (κ2) is 15.4. The molecule has 9 N–H and O–H groups in total. The number of nitrogens with one attached hydrogen (secondary N) is 3. The van der Waals surface area contributed by atoms with Gasteiger partial charge in [-0.2, -0.15) is 12.6 Å². The number of amides is 4. The molecule has 0 saturated carbocycles. The normalized spacial score (nSPS) is 13.9. The number of thiol groups is 1. The summed E-state index contributed by atoms with van der Waals surface area (Å²) >= 11 is 4.05. The number of hydrogen-bond donors (Lipinski definition) is 8. The van der Waals surface area contributed by atoms with Crippen molar-refractivity contribution in [3.8, 4) is 0 Å². The molecule has 14 heteroatoms. The van der Waals surface area contributed by atoms with E-state index in [0.717, 1.165) is 0 Å². The van der Waals surface area contributed by atoms with Crippen molar-refractivity contribution in [3.63, 3.8) is 0 Å². The van der Waals surface area contributed by atoms with Crippen molar-refractivity contribution in [3.05, 3.63) is 35.9 Å². The van der Waals surface area contributed by atoms with E-state index in [0.29, 0.717) is 5.56 Å². The Morgan fingerprint density at radius 1 is 0.806 bits per heavy atom. The molecule has 1 aromatic rings. The number of hydrogen-bond acceptors (Lipinski definition) is 8. The van der Waals surface area contributed by atoms with Gasteiger partial charge in [0.1, 0.15) is 18.1 Å². The Balaban J connectivity index is 2.98. The van der Waals surface area contributed by atoms with Crippen molar-refractivity contribution in [2.75, 3.05) is 5.75 Å². The Kier molecular flexibility index (Phi) is 13.0. The molecule has 198 valence electrons. The van der Waals surface area contributed by atoms with Crippen LogP contribution in [0.3, 0.4) is 0 Å². The molecule has 0 radical (unpaired) electrons. The fourth-order valence-corrected chi connectivity index (χ4v) is 3.29. The SMILES string of the molecule is NC(=O)CCC(NC(=O)C(Cc1ccccc1)NC(=O)C(CS)NC(=O)C(N)CCC(=O)O)C(=O)O. The molecule has 0 fully saturated rings. The number of carbonyl (C=O) groups excluding carboxylic acids is 4. The highest BCUT2D eigenvalue weighted by atomic mass is 32.1. The van der Waals surface area contributed by atoms with Crippen LogP contribution in [0.2, 0.25) is 0 Å². The van der Waals surface area contributed by atoms with Crippen LogP contribution >= 0.6 is 12.6 Å². The zero-order valence-corrected chi connectivity index (χ0v) is 20.3. The summed E-state index contributed by atoms with van der Waals surface area (Å²) in [4.78, 5) is 71.3. The molecule has 1 rings (SSSR count). The third kappa shape index (κ3) is 11.2. The number of aliphatic carboxylic acids is 2. The van der Waals surface area contributed by atoms with Crippen molar-refractivity contribution in [2.24, 2.45) is 11.5 Å². The highest BCUT2D eigenvalue weighted by Gasteiger charge is 2.30. The number of benzene rings is 1. The smallest absolute Gasteiger partial charge is 0.326 e. The molecule has 0 aliphatic heterocycles. The van der Waals surface area contributed by atoms with E-state index in [1.165, 1.54) is 0 Å². The van der Waals surface area contributed by atoms with Gasteiger partial charge < -0.3 is 37.6 Å². The van der Waals surface area contributed by atoms with Crippen LogP contribution in [0.4, 0.5) is 0 Å². The molecular formula is C22H31N5O8S. The number of carbonyl (C=O) groups is 6. The zero-order valence-electron chi connectivity index (χ0n) is 19.4. The van der Waals surface area contributed by atoms with Gasteiger partial charge in [0.2, 0.25) is 23.6 Å². The van der Waals surface area contributed by atoms with E-state index in [4.69, 9.17) is 16.6 Å². The minimum atomic E-state index is -1.42. The first kappa shape index (κ1) is 30.4. The Labute approximate surface area is 212 Å². The lowest BCUT2D eigenvalue weighted by atomic mass is 10.0. The number of carboxylic acids is 2. The van der Waals surface area contributed by atoms with Crippen LogP contribution in [-0.2, 0) is 35.2 Å². The van der Waals surface area contributed by atoms with E-state index in [9.17, 15) is 33.9 Å². The van der Waals surface area contributed by atoms with Crippen LogP contribution in [0.5, 0.6) is 0 Å². The molecule has 0 aromatic heterocycles. The van der Waals surface area contributed by atoms with Crippen molar-refractivity contribution >= 4 is 48.2 Å². The van der Waals surface area contributed by atoms with Crippen molar-refractivity contribution in [1.82, 2.24) is 16.0 Å². The maximum atomic E-state index is 12.9. The molecule has 0 bridgehead atoms. The van der Waals surface area contributed by atoms with E-state index < -0.39 is 59.7 Å². The van der Waals surface area contributed by atoms with Gasteiger partial charge in [-0.05, 0) is 18.4 Å². The van der Waals surface area contributed by atoms with Crippen molar-refractivity contribution in [2.45, 2.75) is 56.3 Å². The van der Waals surface area contributed by atoms with Gasteiger partial charge in [0, 0.05) is 25.0 Å². The summed E-state index contributed by atoms with van der Waals surface area (Å²) in [7, 11) is 0. The monoisotopic (exact) mass is 525 g/mol. The second-order valence-electron chi connectivity index (χ2n) is 7.94. The minimum Gasteiger partial charge on any atom is -0.481 e. The lowest BCUT2D eigenvalue weighted by Crippen LogP contribution is -2.58. The van der Waals surface area contributed by atoms with Crippen LogP contribution < -0.4 is 27.4 Å². The third-order valence-electron chi connectivity index (χ3n) is 5.03. The van der Waals surface area contributed by atoms with Crippen molar-refractivity contribution < 1.29 is 39.0 Å². The second-order valence-corrected chi connectivity index (χ2v) is 8.30. The number of carboxylic acid groups (broad SMARTS) is 2. The lowest BCUT2D eigenvalue weighted by Gasteiger charge is -2.24. The molecule has 4 atom stereocenters. The molecule has 0 spiro atoms. The maximum Gasteiger partial charge on any atom is 0.326 e. The molecule has 36 heavy (non-hydrogen) atoms. The first-order valence-electron chi connectivity index (χ1n) is 11.0. The number of rotatable bonds is 16. The molecule has 1 aromatic carbocycles. The Morgan fingerprint density at radius 2 is 1.36 bits per heavy atom. The van der Waals surface area contributed by atoms with E-state index in [1.54, 1.807) is 30.3 Å². The summed E-state index contributed by atoms with van der Waals surface area (Å²) in [6, 6.07) is 3.53. The zero-order chi connectivity index (χ0) is 27.3. The third-order valence-corrected chi connectivity index (χ3v) is 5.40. The van der Waals surface area contributed by atoms with E-state index in [2.05, 4.69) is 28.6 Å². The van der Waals surface area contributed by atoms with Gasteiger partial charge in [-0.3, -0.25) is 24.0 Å². The van der Waals surface area contributed by atoms with Crippen LogP contribution in [0.25, 0.3) is 0 Å². The number of nitrogens with two attached hydrogens (primary N) is 2. The molecule has 0 saturated heterocycles. The van der Waals surface area contributed by atoms with Gasteiger partial charge in [-0.25, -0.2) is 4.79 Å². The Morgan fingerprint density at radius 3 is 1.89 bits per heavy atom. The average molecular weight is 526 g/mol. The highest BCUT2D eigenvalue weighted by molar-refractivity contribution is 7.80. The lowest BCUT2D eigenvalue weighted by molar-refractivity contribution is -0.142. The number of primary amides is 1. The quantitative estimate of drug-likeness (QED) is 0.113. The highest BCUT2D eigenvalue weighted by Crippen LogP contribution is 2.07. The first-order valence-corrected chi connectivity index (χ1v) is 11.6. The molecule has 0 aliphatic carbocycles. The summed E-state index contributed by atoms with van der Waals surface area (Å²) in [5.74, 6) is -5.81. The maximum absolute atomic E-state index is 12.9. The van der Waals surface area contributed by atoms with Crippen LogP contribution in [0.15, 0.2) is 30.3 Å². The molecule has 4 amide bonds. The van der Waals surface area contributed by atoms with Crippen LogP contribution in [-0.4, -0.2) is 75.7 Å². The van der Waals surface area contributed by atoms with Crippen molar-refractivity contribution in [1.29, 1.82) is 0 Å². The van der Waals surface area contributed by atoms with Gasteiger partial charge in [0.05, 0.1) is 6.04 Å². The Hall–Kier alpha value is -3.65. The van der Waals surface area contributed by atoms with Gasteiger partial charge in [-0.15, -0.1) is 0 Å². The van der Waals surface area contributed by atoms with Crippen LogP contribution in [0, 0.1) is 0 Å². The summed E-state index contributed by atoms with van der Waals surface area (Å²) in [6.07, 6.45) is -1.02. The topological polar surface area (TPSA) is 231 Å². The molecule has 0 aliphatic rings. The predicted molar refractivity (Wildman–Crippen MR) is 131 cm³/mol. The summed E-state index contributed by atoms with van der Waals surface area (Å²) in [6.45, 7) is 0. The summed E-state index contributed by atoms with van der Waals surface area (Å²) < 4.78 is 0. The molecule has 0 heterocycles. The predicted octanol–water partition coefficient (Wildman–Crippen LogP) is -1.84. The van der Waals surface area contributed by atoms with Gasteiger partial charge in [-0.1, -0.05) is 30.3 Å². The van der Waals surface area contributed by atoms with E-state index in [-0.39, 0.29) is 37.9 Å². The average Bonchev–Trinajstić information content (AvgIpc) is 2.82. The fourth-order valence-electron chi connectivity index (χ4n) is 3.03. The largest absolute Gasteiger partial charge is 0.481 e. The van der Waals surface area contributed by atoms with Gasteiger partial charge in [0.25, 0.3) is 0 Å².